The van der Waals surface area contributed by atoms with E-state index in [1.807, 2.05) is 43.3 Å². The van der Waals surface area contributed by atoms with Gasteiger partial charge in [-0.25, -0.2) is 9.78 Å². The number of hydrogen-bond acceptors (Lipinski definition) is 2. The first-order valence-electron chi connectivity index (χ1n) is 6.39. The van der Waals surface area contributed by atoms with Gasteiger partial charge in [-0.15, -0.1) is 12.4 Å². The third-order valence-electron chi connectivity index (χ3n) is 3.39. The van der Waals surface area contributed by atoms with E-state index in [9.17, 15) is 4.79 Å². The molecule has 21 heavy (non-hydrogen) atoms. The fourth-order valence-corrected chi connectivity index (χ4v) is 2.33. The maximum Gasteiger partial charge on any atom is 0.335 e. The highest BCUT2D eigenvalue weighted by Crippen LogP contribution is 2.17. The molecule has 0 fully saturated rings. The van der Waals surface area contributed by atoms with Gasteiger partial charge >= 0.3 is 5.97 Å². The monoisotopic (exact) mass is 302 g/mol. The molecule has 0 saturated carbocycles. The molecule has 1 heterocycles. The molecule has 0 saturated heterocycles. The number of carboxylic acids is 1. The van der Waals surface area contributed by atoms with Crippen molar-refractivity contribution in [1.82, 2.24) is 9.55 Å². The number of carboxylic acid groups (broad SMARTS) is 1. The van der Waals surface area contributed by atoms with Gasteiger partial charge in [0.05, 0.1) is 16.6 Å². The zero-order valence-corrected chi connectivity index (χ0v) is 12.3. The van der Waals surface area contributed by atoms with Crippen LogP contribution in [0, 0.1) is 6.92 Å². The molecule has 0 unspecified atom stereocenters. The number of nitrogens with zero attached hydrogens (tertiary/aromatic N) is 2. The highest BCUT2D eigenvalue weighted by atomic mass is 35.5. The topological polar surface area (TPSA) is 55.1 Å². The predicted octanol–water partition coefficient (Wildman–Crippen LogP) is 3.51. The number of halogens is 1. The van der Waals surface area contributed by atoms with Gasteiger partial charge in [-0.05, 0) is 36.8 Å². The van der Waals surface area contributed by atoms with E-state index in [2.05, 4.69) is 9.55 Å². The highest BCUT2D eigenvalue weighted by molar-refractivity contribution is 5.87. The summed E-state index contributed by atoms with van der Waals surface area (Å²) < 4.78 is 2.13. The second kappa shape index (κ2) is 5.97. The average Bonchev–Trinajstić information content (AvgIpc) is 2.76. The Hall–Kier alpha value is -2.33. The number of hydrogen-bond donors (Lipinski definition) is 1. The second-order valence-corrected chi connectivity index (χ2v) is 4.74. The summed E-state index contributed by atoms with van der Waals surface area (Å²) in [5.41, 5.74) is 3.43. The van der Waals surface area contributed by atoms with Gasteiger partial charge < -0.3 is 9.67 Å². The van der Waals surface area contributed by atoms with Crippen molar-refractivity contribution >= 4 is 29.4 Å². The minimum Gasteiger partial charge on any atom is -0.478 e. The van der Waals surface area contributed by atoms with E-state index in [1.165, 1.54) is 0 Å². The van der Waals surface area contributed by atoms with Crippen molar-refractivity contribution in [1.29, 1.82) is 0 Å². The normalized spacial score (nSPS) is 10.3. The summed E-state index contributed by atoms with van der Waals surface area (Å²) in [6.45, 7) is 2.66. The summed E-state index contributed by atoms with van der Waals surface area (Å²) in [5, 5.41) is 8.90. The molecule has 1 N–H and O–H groups in total. The molecule has 0 radical (unpaired) electrons. The van der Waals surface area contributed by atoms with Crippen molar-refractivity contribution in [2.24, 2.45) is 0 Å². The molecule has 1 aromatic heterocycles. The molecular formula is C16H15ClN2O2. The van der Waals surface area contributed by atoms with Gasteiger partial charge in [-0.1, -0.05) is 24.3 Å². The molecule has 2 aromatic carbocycles. The molecule has 3 rings (SSSR count). The van der Waals surface area contributed by atoms with Crippen LogP contribution >= 0.6 is 12.4 Å². The number of carbonyl (C=O) groups is 1. The number of aryl methyl sites for hydroxylation is 1. The number of imidazole rings is 1. The molecule has 0 spiro atoms. The van der Waals surface area contributed by atoms with E-state index >= 15 is 0 Å². The number of benzene rings is 2. The van der Waals surface area contributed by atoms with Gasteiger partial charge in [0, 0.05) is 6.54 Å². The van der Waals surface area contributed by atoms with Crippen LogP contribution in [-0.4, -0.2) is 20.6 Å². The third-order valence-corrected chi connectivity index (χ3v) is 3.39. The van der Waals surface area contributed by atoms with Gasteiger partial charge in [-0.2, -0.15) is 0 Å². The van der Waals surface area contributed by atoms with Gasteiger partial charge in [0.2, 0.25) is 0 Å². The minimum atomic E-state index is -0.902. The Balaban J connectivity index is 0.00000161. The number of rotatable bonds is 3. The van der Waals surface area contributed by atoms with Crippen LogP contribution in [0.5, 0.6) is 0 Å². The molecule has 0 aliphatic rings. The largest absolute Gasteiger partial charge is 0.478 e. The summed E-state index contributed by atoms with van der Waals surface area (Å²) in [6.07, 6.45) is 0. The summed E-state index contributed by atoms with van der Waals surface area (Å²) in [5.74, 6) is 0.0503. The Morgan fingerprint density at radius 3 is 2.48 bits per heavy atom. The molecule has 0 aliphatic carbocycles. The first kappa shape index (κ1) is 15.1. The zero-order chi connectivity index (χ0) is 14.1. The summed E-state index contributed by atoms with van der Waals surface area (Å²) in [4.78, 5) is 15.4. The van der Waals surface area contributed by atoms with E-state index in [4.69, 9.17) is 5.11 Å². The van der Waals surface area contributed by atoms with Crippen molar-refractivity contribution < 1.29 is 9.90 Å². The van der Waals surface area contributed by atoms with Gasteiger partial charge in [0.15, 0.2) is 0 Å². The smallest absolute Gasteiger partial charge is 0.335 e. The lowest BCUT2D eigenvalue weighted by Crippen LogP contribution is -2.03. The number of aromatic carboxylic acids is 1. The fourth-order valence-electron chi connectivity index (χ4n) is 2.33. The van der Waals surface area contributed by atoms with E-state index in [-0.39, 0.29) is 12.4 Å². The average molecular weight is 303 g/mol. The van der Waals surface area contributed by atoms with Crippen LogP contribution in [0.25, 0.3) is 11.0 Å². The van der Waals surface area contributed by atoms with Crippen molar-refractivity contribution in [3.8, 4) is 0 Å². The maximum absolute atomic E-state index is 10.8. The van der Waals surface area contributed by atoms with E-state index in [0.29, 0.717) is 12.1 Å². The summed E-state index contributed by atoms with van der Waals surface area (Å²) >= 11 is 0. The highest BCUT2D eigenvalue weighted by Gasteiger charge is 2.08. The second-order valence-electron chi connectivity index (χ2n) is 4.74. The lowest BCUT2D eigenvalue weighted by molar-refractivity contribution is 0.0697. The van der Waals surface area contributed by atoms with E-state index < -0.39 is 5.97 Å². The van der Waals surface area contributed by atoms with Gasteiger partial charge in [0.1, 0.15) is 5.82 Å². The molecule has 0 bridgehead atoms. The van der Waals surface area contributed by atoms with Crippen molar-refractivity contribution in [3.63, 3.8) is 0 Å². The Kier molecular flexibility index (Phi) is 4.29. The van der Waals surface area contributed by atoms with Crippen LogP contribution in [0.2, 0.25) is 0 Å². The van der Waals surface area contributed by atoms with Crippen LogP contribution in [0.15, 0.2) is 48.5 Å². The summed E-state index contributed by atoms with van der Waals surface area (Å²) in [6, 6.07) is 15.0. The van der Waals surface area contributed by atoms with Crippen LogP contribution in [0.3, 0.4) is 0 Å². The molecule has 108 valence electrons. The Morgan fingerprint density at radius 1 is 1.14 bits per heavy atom. The Morgan fingerprint density at radius 2 is 1.81 bits per heavy atom. The number of fused-ring (bicyclic) bond motifs is 1. The number of aromatic nitrogens is 2. The standard InChI is InChI=1S/C16H14N2O2.ClH/c1-11-17-14-4-2-3-5-15(14)18(11)10-12-6-8-13(9-7-12)16(19)20;/h2-9H,10H2,1H3,(H,19,20);1H. The SMILES string of the molecule is Cc1nc2ccccc2n1Cc1ccc(C(=O)O)cc1.Cl. The van der Waals surface area contributed by atoms with Crippen molar-refractivity contribution in [2.75, 3.05) is 0 Å². The molecule has 0 amide bonds. The predicted molar refractivity (Wildman–Crippen MR) is 84.2 cm³/mol. The lowest BCUT2D eigenvalue weighted by Gasteiger charge is -2.07. The molecule has 0 aliphatic heterocycles. The molecule has 0 atom stereocenters. The molecule has 5 heteroatoms. The number of para-hydroxylation sites is 2. The first-order valence-corrected chi connectivity index (χ1v) is 6.39. The van der Waals surface area contributed by atoms with Gasteiger partial charge in [-0.3, -0.25) is 0 Å². The molecular weight excluding hydrogens is 288 g/mol. The summed E-state index contributed by atoms with van der Waals surface area (Å²) in [7, 11) is 0. The van der Waals surface area contributed by atoms with Crippen molar-refractivity contribution in [2.45, 2.75) is 13.5 Å². The molecule has 3 aromatic rings. The van der Waals surface area contributed by atoms with Gasteiger partial charge in [0.25, 0.3) is 0 Å². The third kappa shape index (κ3) is 2.90. The van der Waals surface area contributed by atoms with Crippen LogP contribution < -0.4 is 0 Å². The van der Waals surface area contributed by atoms with Crippen LogP contribution in [0.1, 0.15) is 21.7 Å². The van der Waals surface area contributed by atoms with Crippen LogP contribution in [0.4, 0.5) is 0 Å². The Labute approximate surface area is 128 Å². The quantitative estimate of drug-likeness (QED) is 0.805. The van der Waals surface area contributed by atoms with Crippen molar-refractivity contribution in [3.05, 3.63) is 65.5 Å². The maximum atomic E-state index is 10.8. The minimum absolute atomic E-state index is 0. The Bertz CT molecular complexity index is 779. The first-order chi connectivity index (χ1) is 9.65. The lowest BCUT2D eigenvalue weighted by atomic mass is 10.1. The fraction of sp³-hybridized carbons (Fsp3) is 0.125. The van der Waals surface area contributed by atoms with E-state index in [1.54, 1.807) is 12.1 Å². The van der Waals surface area contributed by atoms with Crippen LogP contribution in [-0.2, 0) is 6.54 Å². The van der Waals surface area contributed by atoms with E-state index in [0.717, 1.165) is 22.4 Å². The zero-order valence-electron chi connectivity index (χ0n) is 11.5. The molecule has 4 nitrogen and oxygen atoms in total.